The predicted molar refractivity (Wildman–Crippen MR) is 166 cm³/mol. The summed E-state index contributed by atoms with van der Waals surface area (Å²) < 4.78 is 48.5. The fourth-order valence-electron chi connectivity index (χ4n) is 5.32. The molecular formula is C29H38FN7O4S2. The quantitative estimate of drug-likeness (QED) is 0.353. The molecule has 1 amide bonds. The maximum atomic E-state index is 15.9. The summed E-state index contributed by atoms with van der Waals surface area (Å²) in [5.41, 5.74) is 6.34. The van der Waals surface area contributed by atoms with Gasteiger partial charge in [0.2, 0.25) is 16.0 Å². The summed E-state index contributed by atoms with van der Waals surface area (Å²) in [6.45, 7) is 10.3. The van der Waals surface area contributed by atoms with Gasteiger partial charge in [0.15, 0.2) is 5.82 Å². The molecule has 14 heteroatoms. The Morgan fingerprint density at radius 3 is 2.56 bits per heavy atom. The highest BCUT2D eigenvalue weighted by Gasteiger charge is 2.39. The molecule has 1 aromatic carbocycles. The molecule has 2 aromatic heterocycles. The van der Waals surface area contributed by atoms with Crippen molar-refractivity contribution in [1.82, 2.24) is 24.8 Å². The molecule has 3 N–H and O–H groups in total. The third kappa shape index (κ3) is 7.24. The number of ether oxygens (including phenoxy) is 1. The lowest BCUT2D eigenvalue weighted by molar-refractivity contribution is -0.0196. The largest absolute Gasteiger partial charge is 0.444 e. The van der Waals surface area contributed by atoms with Gasteiger partial charge in [0.05, 0.1) is 32.7 Å². The number of nitrogens with two attached hydrogens (primary N) is 1. The molecule has 0 unspecified atom stereocenters. The van der Waals surface area contributed by atoms with Gasteiger partial charge in [0, 0.05) is 36.8 Å². The fourth-order valence-corrected chi connectivity index (χ4v) is 7.67. The number of nitrogens with zero attached hydrogens (tertiary/aromatic N) is 5. The number of hydrogen-bond acceptors (Lipinski definition) is 10. The first-order valence-corrected chi connectivity index (χ1v) is 16.9. The molecule has 0 spiro atoms. The van der Waals surface area contributed by atoms with Gasteiger partial charge in [-0.25, -0.2) is 32.6 Å². The molecule has 4 heterocycles. The number of anilines is 2. The van der Waals surface area contributed by atoms with E-state index in [4.69, 9.17) is 15.5 Å². The zero-order chi connectivity index (χ0) is 30.9. The topological polar surface area (TPSA) is 144 Å². The highest BCUT2D eigenvalue weighted by molar-refractivity contribution is 7.92. The minimum Gasteiger partial charge on any atom is -0.444 e. The van der Waals surface area contributed by atoms with Gasteiger partial charge in [-0.05, 0) is 71.3 Å². The van der Waals surface area contributed by atoms with E-state index < -0.39 is 21.4 Å². The van der Waals surface area contributed by atoms with Crippen molar-refractivity contribution in [2.45, 2.75) is 64.5 Å². The molecule has 3 aromatic rings. The van der Waals surface area contributed by atoms with Gasteiger partial charge in [-0.1, -0.05) is 13.0 Å². The number of aromatic nitrogens is 3. The number of hydrogen-bond donors (Lipinski definition) is 2. The third-order valence-electron chi connectivity index (χ3n) is 7.45. The first kappa shape index (κ1) is 31.1. The molecule has 232 valence electrons. The first-order chi connectivity index (χ1) is 20.3. The van der Waals surface area contributed by atoms with E-state index in [0.29, 0.717) is 41.8 Å². The second-order valence-electron chi connectivity index (χ2n) is 12.0. The maximum absolute atomic E-state index is 15.9. The number of carbonyl (C=O) groups is 1. The van der Waals surface area contributed by atoms with Crippen molar-refractivity contribution >= 4 is 39.1 Å². The van der Waals surface area contributed by atoms with E-state index in [2.05, 4.69) is 19.6 Å². The Kier molecular flexibility index (Phi) is 8.91. The Bertz CT molecular complexity index is 1580. The summed E-state index contributed by atoms with van der Waals surface area (Å²) in [6, 6.07) is 6.61. The van der Waals surface area contributed by atoms with Crippen LogP contribution in [-0.4, -0.2) is 82.8 Å². The minimum absolute atomic E-state index is 0.0918. The molecule has 2 aliphatic rings. The molecule has 0 bridgehead atoms. The number of nitrogen functional groups attached to an aromatic ring is 1. The van der Waals surface area contributed by atoms with Crippen LogP contribution in [0.1, 0.15) is 57.9 Å². The van der Waals surface area contributed by atoms with Gasteiger partial charge in [-0.3, -0.25) is 9.62 Å². The Morgan fingerprint density at radius 2 is 1.91 bits per heavy atom. The molecule has 0 radical (unpaired) electrons. The second kappa shape index (κ2) is 12.3. The van der Waals surface area contributed by atoms with Crippen LogP contribution >= 0.6 is 11.3 Å². The number of rotatable bonds is 8. The van der Waals surface area contributed by atoms with Crippen molar-refractivity contribution in [3.05, 3.63) is 41.3 Å². The zero-order valence-corrected chi connectivity index (χ0v) is 26.5. The molecule has 0 aliphatic carbocycles. The van der Waals surface area contributed by atoms with E-state index in [9.17, 15) is 13.2 Å². The van der Waals surface area contributed by atoms with Gasteiger partial charge in [0.1, 0.15) is 5.60 Å². The second-order valence-corrected chi connectivity index (χ2v) is 14.8. The number of thiazole rings is 1. The fraction of sp³-hybridized carbons (Fsp3) is 0.517. The molecule has 2 saturated heterocycles. The molecule has 0 atom stereocenters. The lowest BCUT2D eigenvalue weighted by Crippen LogP contribution is -2.62. The van der Waals surface area contributed by atoms with Crippen LogP contribution in [0.5, 0.6) is 0 Å². The van der Waals surface area contributed by atoms with Gasteiger partial charge < -0.3 is 15.4 Å². The number of piperidine rings is 1. The van der Waals surface area contributed by atoms with Crippen LogP contribution < -0.4 is 10.5 Å². The van der Waals surface area contributed by atoms with Gasteiger partial charge in [0.25, 0.3) is 0 Å². The number of amides is 1. The van der Waals surface area contributed by atoms with Crippen LogP contribution in [-0.2, 0) is 14.8 Å². The average molecular weight is 632 g/mol. The maximum Gasteiger partial charge on any atom is 0.410 e. The van der Waals surface area contributed by atoms with Crippen LogP contribution in [0.2, 0.25) is 0 Å². The summed E-state index contributed by atoms with van der Waals surface area (Å²) in [6.07, 6.45) is 3.40. The lowest BCUT2D eigenvalue weighted by Gasteiger charge is -2.47. The Labute approximate surface area is 255 Å². The van der Waals surface area contributed by atoms with Crippen molar-refractivity contribution in [1.29, 1.82) is 0 Å². The Morgan fingerprint density at radius 1 is 1.19 bits per heavy atom. The standard InChI is InChI=1S/C29H38FN7O4S2/c1-5-15-43(39,40)35-21-8-6-7-20(23(21)30)24-25(22-9-12-32-27(31)33-22)42-26(34-24)18-10-13-36(14-11-18)19-16-37(17-19)28(38)41-29(2,3)4/h6-9,12,18-19,35H,5,10-11,13-17H2,1-4H3,(H2,31,32,33). The monoisotopic (exact) mass is 631 g/mol. The van der Waals surface area contributed by atoms with E-state index >= 15 is 4.39 Å². The van der Waals surface area contributed by atoms with Crippen LogP contribution in [0, 0.1) is 5.82 Å². The average Bonchev–Trinajstić information content (AvgIpc) is 3.33. The highest BCUT2D eigenvalue weighted by atomic mass is 32.2. The van der Waals surface area contributed by atoms with Crippen molar-refractivity contribution in [3.8, 4) is 21.8 Å². The number of benzene rings is 1. The summed E-state index contributed by atoms with van der Waals surface area (Å²) in [5.74, 6) is -0.559. The molecule has 2 aliphatic heterocycles. The van der Waals surface area contributed by atoms with Gasteiger partial charge in [-0.15, -0.1) is 11.3 Å². The molecule has 2 fully saturated rings. The predicted octanol–water partition coefficient (Wildman–Crippen LogP) is 4.94. The number of carbonyl (C=O) groups excluding carboxylic acids is 1. The Balaban J connectivity index is 1.35. The summed E-state index contributed by atoms with van der Waals surface area (Å²) in [5, 5.41) is 0.863. The van der Waals surface area contributed by atoms with E-state index in [0.717, 1.165) is 30.9 Å². The summed E-state index contributed by atoms with van der Waals surface area (Å²) in [7, 11) is -3.69. The van der Waals surface area contributed by atoms with Crippen molar-refractivity contribution in [3.63, 3.8) is 0 Å². The van der Waals surface area contributed by atoms with Gasteiger partial charge >= 0.3 is 6.09 Å². The zero-order valence-electron chi connectivity index (χ0n) is 24.8. The highest BCUT2D eigenvalue weighted by Crippen LogP contribution is 2.43. The van der Waals surface area contributed by atoms with E-state index in [1.165, 1.54) is 17.4 Å². The SMILES string of the molecule is CCCS(=O)(=O)Nc1cccc(-c2nc(C3CCN(C4CN(C(=O)OC(C)(C)C)C4)CC3)sc2-c2ccnc(N)n2)c1F. The third-order valence-corrected chi connectivity index (χ3v) is 10.2. The van der Waals surface area contributed by atoms with Crippen LogP contribution in [0.3, 0.4) is 0 Å². The number of halogens is 1. The van der Waals surface area contributed by atoms with E-state index in [1.807, 2.05) is 20.8 Å². The van der Waals surface area contributed by atoms with E-state index in [-0.39, 0.29) is 35.0 Å². The minimum atomic E-state index is -3.69. The first-order valence-electron chi connectivity index (χ1n) is 14.4. The molecule has 5 rings (SSSR count). The van der Waals surface area contributed by atoms with Crippen molar-refractivity contribution < 1.29 is 22.3 Å². The van der Waals surface area contributed by atoms with Crippen molar-refractivity contribution in [2.24, 2.45) is 0 Å². The summed E-state index contributed by atoms with van der Waals surface area (Å²) in [4.78, 5) is 30.4. The molecular weight excluding hydrogens is 593 g/mol. The smallest absolute Gasteiger partial charge is 0.410 e. The molecule has 43 heavy (non-hydrogen) atoms. The molecule has 0 saturated carbocycles. The lowest BCUT2D eigenvalue weighted by atomic mass is 9.94. The summed E-state index contributed by atoms with van der Waals surface area (Å²) >= 11 is 1.45. The molecule has 11 nitrogen and oxygen atoms in total. The number of likely N-dealkylation sites (tertiary alicyclic amines) is 2. The number of sulfonamides is 1. The van der Waals surface area contributed by atoms with Gasteiger partial charge in [-0.2, -0.15) is 0 Å². The van der Waals surface area contributed by atoms with Crippen LogP contribution in [0.25, 0.3) is 21.8 Å². The van der Waals surface area contributed by atoms with E-state index in [1.54, 1.807) is 36.2 Å². The van der Waals surface area contributed by atoms with Crippen LogP contribution in [0.4, 0.5) is 20.8 Å². The van der Waals surface area contributed by atoms with Crippen molar-refractivity contribution in [2.75, 3.05) is 42.4 Å². The normalized spacial score (nSPS) is 17.1. The number of nitrogens with one attached hydrogen (secondary N) is 1. The van der Waals surface area contributed by atoms with Crippen LogP contribution in [0.15, 0.2) is 30.5 Å². The Hall–Kier alpha value is -3.36.